The zero-order valence-corrected chi connectivity index (χ0v) is 19.3. The van der Waals surface area contributed by atoms with Crippen molar-refractivity contribution in [1.82, 2.24) is 9.88 Å². The molecule has 1 N–H and O–H groups in total. The van der Waals surface area contributed by atoms with E-state index in [1.54, 1.807) is 0 Å². The molecule has 1 amide bonds. The zero-order valence-electron chi connectivity index (χ0n) is 19.3. The number of piperazine rings is 1. The molecular weight excluding hydrogens is 428 g/mol. The van der Waals surface area contributed by atoms with Gasteiger partial charge in [-0.05, 0) is 48.7 Å². The minimum Gasteiger partial charge on any atom is -0.486 e. The third-order valence-electron chi connectivity index (χ3n) is 7.14. The maximum atomic E-state index is 13.5. The van der Waals surface area contributed by atoms with Crippen molar-refractivity contribution in [2.45, 2.75) is 18.9 Å². The Kier molecular flexibility index (Phi) is 5.63. The van der Waals surface area contributed by atoms with E-state index >= 15 is 0 Å². The number of benzene rings is 2. The first-order chi connectivity index (χ1) is 16.8. The highest BCUT2D eigenvalue weighted by molar-refractivity contribution is 6.06. The molecule has 0 radical (unpaired) electrons. The van der Waals surface area contributed by atoms with E-state index in [9.17, 15) is 4.79 Å². The minimum absolute atomic E-state index is 0.0499. The van der Waals surface area contributed by atoms with E-state index in [1.165, 1.54) is 5.56 Å². The number of rotatable bonds is 4. The van der Waals surface area contributed by atoms with E-state index in [0.29, 0.717) is 18.9 Å². The number of nitrogens with one attached hydrogen (secondary N) is 1. The first-order valence-corrected chi connectivity index (χ1v) is 12.2. The van der Waals surface area contributed by atoms with Gasteiger partial charge < -0.3 is 24.3 Å². The first-order valence-electron chi connectivity index (χ1n) is 12.2. The second-order valence-electron chi connectivity index (χ2n) is 9.17. The normalized spacial score (nSPS) is 20.2. The highest BCUT2D eigenvalue weighted by atomic mass is 16.6. The molecule has 0 aliphatic carbocycles. The van der Waals surface area contributed by atoms with Crippen molar-refractivity contribution < 1.29 is 14.3 Å². The van der Waals surface area contributed by atoms with Crippen LogP contribution < -0.4 is 19.3 Å². The molecule has 7 nitrogen and oxygen atoms in total. The van der Waals surface area contributed by atoms with E-state index < -0.39 is 0 Å². The summed E-state index contributed by atoms with van der Waals surface area (Å²) in [6.45, 7) is 5.83. The average Bonchev–Trinajstić information content (AvgIpc) is 3.44. The fourth-order valence-electron chi connectivity index (χ4n) is 5.42. The molecule has 2 aromatic carbocycles. The summed E-state index contributed by atoms with van der Waals surface area (Å²) >= 11 is 0. The monoisotopic (exact) mass is 458 g/mol. The van der Waals surface area contributed by atoms with Crippen molar-refractivity contribution in [1.29, 1.82) is 0 Å². The molecule has 0 spiro atoms. The number of carbonyl (C=O) groups is 1. The van der Waals surface area contributed by atoms with Crippen LogP contribution in [0.4, 0.5) is 11.4 Å². The molecule has 3 aromatic rings. The number of hydrogen-bond acceptors (Lipinski definition) is 5. The van der Waals surface area contributed by atoms with Crippen LogP contribution in [0.25, 0.3) is 0 Å². The summed E-state index contributed by atoms with van der Waals surface area (Å²) in [5, 5.41) is 0. The highest BCUT2D eigenvalue weighted by Crippen LogP contribution is 2.40. The second-order valence-corrected chi connectivity index (χ2v) is 9.17. The Balaban J connectivity index is 1.17. The Morgan fingerprint density at radius 2 is 1.74 bits per heavy atom. The lowest BCUT2D eigenvalue weighted by molar-refractivity contribution is 0.0958. The molecule has 1 fully saturated rings. The number of anilines is 2. The van der Waals surface area contributed by atoms with E-state index in [-0.39, 0.29) is 11.9 Å². The Labute approximate surface area is 199 Å². The van der Waals surface area contributed by atoms with E-state index in [0.717, 1.165) is 68.4 Å². The number of fused-ring (bicyclic) bond motifs is 2. The van der Waals surface area contributed by atoms with Crippen molar-refractivity contribution in [3.8, 4) is 11.5 Å². The molecule has 0 saturated carbocycles. The Morgan fingerprint density at radius 3 is 2.59 bits per heavy atom. The van der Waals surface area contributed by atoms with Gasteiger partial charge in [-0.25, -0.2) is 0 Å². The number of hydrogen-bond donors (Lipinski definition) is 1. The standard InChI is InChI=1S/C27H30N4O3/c32-27(22-6-4-12-28-22)31-21(11-10-20-5-1-2-7-23(20)31)19-29-13-15-30(16-14-29)24-8-3-9-25-26(24)34-18-17-33-25/h1-9,12,21,28H,10-11,13-19H2. The fraction of sp³-hybridized carbons (Fsp3) is 0.370. The zero-order chi connectivity index (χ0) is 22.9. The number of aromatic nitrogens is 1. The smallest absolute Gasteiger partial charge is 0.274 e. The highest BCUT2D eigenvalue weighted by Gasteiger charge is 2.34. The van der Waals surface area contributed by atoms with Gasteiger partial charge in [-0.1, -0.05) is 24.3 Å². The van der Waals surface area contributed by atoms with Gasteiger partial charge in [-0.2, -0.15) is 0 Å². The van der Waals surface area contributed by atoms with E-state index in [4.69, 9.17) is 9.47 Å². The lowest BCUT2D eigenvalue weighted by Gasteiger charge is -2.42. The van der Waals surface area contributed by atoms with Gasteiger partial charge in [-0.3, -0.25) is 9.69 Å². The van der Waals surface area contributed by atoms with Crippen LogP contribution in [-0.2, 0) is 6.42 Å². The van der Waals surface area contributed by atoms with Crippen LogP contribution >= 0.6 is 0 Å². The van der Waals surface area contributed by atoms with Crippen LogP contribution in [0.1, 0.15) is 22.5 Å². The van der Waals surface area contributed by atoms with Gasteiger partial charge in [-0.15, -0.1) is 0 Å². The topological polar surface area (TPSA) is 61.0 Å². The third kappa shape index (κ3) is 3.90. The van der Waals surface area contributed by atoms with Gasteiger partial charge in [0.15, 0.2) is 11.5 Å². The predicted octanol–water partition coefficient (Wildman–Crippen LogP) is 3.57. The second kappa shape index (κ2) is 9.06. The van der Waals surface area contributed by atoms with Crippen LogP contribution in [0, 0.1) is 0 Å². The maximum Gasteiger partial charge on any atom is 0.274 e. The van der Waals surface area contributed by atoms with E-state index in [1.807, 2.05) is 41.4 Å². The molecule has 6 rings (SSSR count). The van der Waals surface area contributed by atoms with Crippen molar-refractivity contribution in [3.63, 3.8) is 0 Å². The summed E-state index contributed by atoms with van der Waals surface area (Å²) < 4.78 is 11.7. The molecule has 7 heteroatoms. The van der Waals surface area contributed by atoms with Crippen molar-refractivity contribution in [3.05, 3.63) is 72.1 Å². The van der Waals surface area contributed by atoms with Gasteiger partial charge in [0.25, 0.3) is 5.91 Å². The molecule has 0 bridgehead atoms. The molecule has 1 unspecified atom stereocenters. The molecular formula is C27H30N4O3. The number of ether oxygens (including phenoxy) is 2. The SMILES string of the molecule is O=C(c1ccc[nH]1)N1c2ccccc2CCC1CN1CCN(c2cccc3c2OCCO3)CC1. The molecule has 34 heavy (non-hydrogen) atoms. The van der Waals surface area contributed by atoms with Gasteiger partial charge in [0.2, 0.25) is 0 Å². The molecule has 1 atom stereocenters. The van der Waals surface area contributed by atoms with Gasteiger partial charge in [0.1, 0.15) is 18.9 Å². The molecule has 4 heterocycles. The predicted molar refractivity (Wildman–Crippen MR) is 132 cm³/mol. The number of aryl methyl sites for hydroxylation is 1. The van der Waals surface area contributed by atoms with Gasteiger partial charge in [0.05, 0.1) is 11.7 Å². The Morgan fingerprint density at radius 1 is 0.912 bits per heavy atom. The van der Waals surface area contributed by atoms with Crippen LogP contribution in [-0.4, -0.2) is 67.8 Å². The molecule has 3 aliphatic rings. The molecule has 1 saturated heterocycles. The van der Waals surface area contributed by atoms with Crippen LogP contribution in [0.5, 0.6) is 11.5 Å². The number of carbonyl (C=O) groups excluding carboxylic acids is 1. The van der Waals surface area contributed by atoms with Gasteiger partial charge in [0, 0.05) is 44.6 Å². The van der Waals surface area contributed by atoms with Crippen LogP contribution in [0.15, 0.2) is 60.8 Å². The molecule has 1 aromatic heterocycles. The van der Waals surface area contributed by atoms with Crippen LogP contribution in [0.2, 0.25) is 0 Å². The fourth-order valence-corrected chi connectivity index (χ4v) is 5.42. The summed E-state index contributed by atoms with van der Waals surface area (Å²) in [5.74, 6) is 1.76. The number of nitrogens with zero attached hydrogens (tertiary/aromatic N) is 3. The summed E-state index contributed by atoms with van der Waals surface area (Å²) in [6.07, 6.45) is 3.79. The lowest BCUT2D eigenvalue weighted by atomic mass is 9.94. The van der Waals surface area contributed by atoms with Crippen LogP contribution in [0.3, 0.4) is 0 Å². The molecule has 3 aliphatic heterocycles. The quantitative estimate of drug-likeness (QED) is 0.648. The maximum absolute atomic E-state index is 13.5. The Bertz CT molecular complexity index is 1150. The third-order valence-corrected chi connectivity index (χ3v) is 7.14. The lowest BCUT2D eigenvalue weighted by Crippen LogP contribution is -2.54. The largest absolute Gasteiger partial charge is 0.486 e. The minimum atomic E-state index is 0.0499. The number of amides is 1. The van der Waals surface area contributed by atoms with Gasteiger partial charge >= 0.3 is 0 Å². The average molecular weight is 459 g/mol. The number of para-hydroxylation sites is 2. The summed E-state index contributed by atoms with van der Waals surface area (Å²) in [6, 6.07) is 18.4. The summed E-state index contributed by atoms with van der Waals surface area (Å²) in [4.78, 5) is 23.5. The Hall–Kier alpha value is -3.45. The summed E-state index contributed by atoms with van der Waals surface area (Å²) in [7, 11) is 0. The number of H-pyrrole nitrogens is 1. The van der Waals surface area contributed by atoms with Crippen molar-refractivity contribution >= 4 is 17.3 Å². The van der Waals surface area contributed by atoms with Crippen molar-refractivity contribution in [2.24, 2.45) is 0 Å². The first kappa shape index (κ1) is 21.1. The molecule has 176 valence electrons. The van der Waals surface area contributed by atoms with E-state index in [2.05, 4.69) is 39.0 Å². The summed E-state index contributed by atoms with van der Waals surface area (Å²) in [5.41, 5.74) is 4.05. The van der Waals surface area contributed by atoms with Crippen molar-refractivity contribution in [2.75, 3.05) is 55.7 Å². The number of aromatic amines is 1.